The Bertz CT molecular complexity index is 939. The molecule has 0 fully saturated rings. The van der Waals surface area contributed by atoms with Crippen LogP contribution in [0.1, 0.15) is 21.5 Å². The zero-order valence-corrected chi connectivity index (χ0v) is 13.7. The fourth-order valence-corrected chi connectivity index (χ4v) is 2.65. The molecule has 0 saturated carbocycles. The zero-order valence-electron chi connectivity index (χ0n) is 13.7. The third-order valence-electron chi connectivity index (χ3n) is 3.89. The molecule has 7 nitrogen and oxygen atoms in total. The van der Waals surface area contributed by atoms with E-state index in [1.807, 2.05) is 12.1 Å². The first-order valence-corrected chi connectivity index (χ1v) is 7.79. The number of nitriles is 2. The summed E-state index contributed by atoms with van der Waals surface area (Å²) in [6.45, 7) is 0.153. The topological polar surface area (TPSA) is 110 Å². The summed E-state index contributed by atoms with van der Waals surface area (Å²) in [5.74, 6) is 0.0640. The van der Waals surface area contributed by atoms with Gasteiger partial charge in [0.1, 0.15) is 11.5 Å². The Morgan fingerprint density at radius 3 is 2.50 bits per heavy atom. The van der Waals surface area contributed by atoms with Gasteiger partial charge >= 0.3 is 0 Å². The van der Waals surface area contributed by atoms with Gasteiger partial charge in [-0.05, 0) is 35.9 Å². The Labute approximate surface area is 150 Å². The van der Waals surface area contributed by atoms with Crippen molar-refractivity contribution in [2.45, 2.75) is 6.54 Å². The predicted octanol–water partition coefficient (Wildman–Crippen LogP) is 2.25. The van der Waals surface area contributed by atoms with E-state index in [0.29, 0.717) is 11.1 Å². The van der Waals surface area contributed by atoms with Crippen LogP contribution in [-0.4, -0.2) is 33.9 Å². The molecule has 2 aromatic rings. The summed E-state index contributed by atoms with van der Waals surface area (Å²) in [6.07, 6.45) is 4.82. The second kappa shape index (κ2) is 7.47. The molecule has 0 atom stereocenters. The maximum atomic E-state index is 12.6. The first-order valence-electron chi connectivity index (χ1n) is 7.79. The van der Waals surface area contributed by atoms with Gasteiger partial charge in [-0.25, -0.2) is 0 Å². The molecule has 1 N–H and O–H groups in total. The third-order valence-corrected chi connectivity index (χ3v) is 3.89. The summed E-state index contributed by atoms with van der Waals surface area (Å²) in [7, 11) is 0. The van der Waals surface area contributed by atoms with E-state index in [1.54, 1.807) is 35.5 Å². The second-order valence-corrected chi connectivity index (χ2v) is 5.62. The van der Waals surface area contributed by atoms with Crippen LogP contribution in [-0.2, 0) is 6.54 Å². The molecule has 1 aliphatic rings. The van der Waals surface area contributed by atoms with Crippen molar-refractivity contribution in [3.8, 4) is 23.6 Å². The van der Waals surface area contributed by atoms with Gasteiger partial charge in [-0.1, -0.05) is 0 Å². The molecule has 0 saturated heterocycles. The van der Waals surface area contributed by atoms with Crippen molar-refractivity contribution in [3.63, 3.8) is 0 Å². The van der Waals surface area contributed by atoms with Gasteiger partial charge in [0.25, 0.3) is 0 Å². The summed E-state index contributed by atoms with van der Waals surface area (Å²) in [5.41, 5.74) is 1.48. The Morgan fingerprint density at radius 1 is 1.15 bits per heavy atom. The van der Waals surface area contributed by atoms with E-state index in [2.05, 4.69) is 4.98 Å². The highest BCUT2D eigenvalue weighted by Crippen LogP contribution is 2.40. The minimum atomic E-state index is -0.287. The number of ether oxygens (including phenoxy) is 1. The van der Waals surface area contributed by atoms with Crippen LogP contribution < -0.4 is 4.74 Å². The molecular weight excluding hydrogens is 332 g/mol. The van der Waals surface area contributed by atoms with Gasteiger partial charge in [0.2, 0.25) is 5.78 Å². The van der Waals surface area contributed by atoms with Crippen molar-refractivity contribution in [1.82, 2.24) is 9.88 Å². The number of aromatic nitrogens is 1. The van der Waals surface area contributed by atoms with Crippen LogP contribution in [0.25, 0.3) is 6.08 Å². The Balaban J connectivity index is 1.96. The molecule has 0 bridgehead atoms. The van der Waals surface area contributed by atoms with E-state index in [9.17, 15) is 9.90 Å². The summed E-state index contributed by atoms with van der Waals surface area (Å²) in [5, 5.41) is 28.0. The second-order valence-electron chi connectivity index (χ2n) is 5.62. The fraction of sp³-hybridized carbons (Fsp3) is 0.158. The van der Waals surface area contributed by atoms with Crippen LogP contribution in [0.3, 0.4) is 0 Å². The Hall–Kier alpha value is -3.68. The van der Waals surface area contributed by atoms with Crippen LogP contribution in [0.2, 0.25) is 0 Å². The maximum Gasteiger partial charge on any atom is 0.231 e. The quantitative estimate of drug-likeness (QED) is 0.653. The number of rotatable bonds is 5. The van der Waals surface area contributed by atoms with Crippen LogP contribution in [0, 0.1) is 22.7 Å². The van der Waals surface area contributed by atoms with Gasteiger partial charge in [-0.15, -0.1) is 0 Å². The molecule has 7 heteroatoms. The lowest BCUT2D eigenvalue weighted by Crippen LogP contribution is -2.24. The van der Waals surface area contributed by atoms with Crippen molar-refractivity contribution in [1.29, 1.82) is 10.5 Å². The van der Waals surface area contributed by atoms with Gasteiger partial charge in [-0.3, -0.25) is 14.7 Å². The number of fused-ring (bicyclic) bond motifs is 1. The largest absolute Gasteiger partial charge is 0.507 e. The molecule has 0 radical (unpaired) electrons. The number of allylic oxidation sites excluding steroid dienone is 1. The van der Waals surface area contributed by atoms with Gasteiger partial charge in [0, 0.05) is 18.9 Å². The Morgan fingerprint density at radius 2 is 1.85 bits per heavy atom. The van der Waals surface area contributed by atoms with Crippen molar-refractivity contribution < 1.29 is 14.6 Å². The Kier molecular flexibility index (Phi) is 4.93. The lowest BCUT2D eigenvalue weighted by Gasteiger charge is -2.17. The maximum absolute atomic E-state index is 12.6. The molecule has 0 unspecified atom stereocenters. The summed E-state index contributed by atoms with van der Waals surface area (Å²) in [6, 6.07) is 10.4. The number of phenolic OH excluding ortho intramolecular Hbond substituents is 1. The highest BCUT2D eigenvalue weighted by atomic mass is 16.5. The monoisotopic (exact) mass is 346 g/mol. The third kappa shape index (κ3) is 3.39. The van der Waals surface area contributed by atoms with Crippen LogP contribution in [0.15, 0.2) is 42.4 Å². The first-order chi connectivity index (χ1) is 12.6. The van der Waals surface area contributed by atoms with E-state index in [1.165, 1.54) is 12.1 Å². The van der Waals surface area contributed by atoms with Crippen molar-refractivity contribution in [2.75, 3.05) is 13.1 Å². The molecular formula is C19H14N4O3. The van der Waals surface area contributed by atoms with Crippen LogP contribution in [0.4, 0.5) is 0 Å². The number of benzene rings is 1. The molecule has 0 amide bonds. The fourth-order valence-electron chi connectivity index (χ4n) is 2.65. The summed E-state index contributed by atoms with van der Waals surface area (Å²) in [4.78, 5) is 18.1. The van der Waals surface area contributed by atoms with E-state index in [4.69, 9.17) is 15.3 Å². The van der Waals surface area contributed by atoms with E-state index in [0.717, 1.165) is 5.56 Å². The smallest absolute Gasteiger partial charge is 0.231 e. The van der Waals surface area contributed by atoms with E-state index >= 15 is 0 Å². The lowest BCUT2D eigenvalue weighted by molar-refractivity contribution is 0.101. The first kappa shape index (κ1) is 17.2. The number of hydrogen-bond acceptors (Lipinski definition) is 7. The lowest BCUT2D eigenvalue weighted by atomic mass is 10.0. The van der Waals surface area contributed by atoms with Crippen LogP contribution in [0.5, 0.6) is 11.5 Å². The molecule has 1 aliphatic heterocycles. The number of aromatic hydroxyl groups is 1. The number of carbonyl (C=O) groups is 1. The minimum Gasteiger partial charge on any atom is -0.507 e. The predicted molar refractivity (Wildman–Crippen MR) is 91.8 cm³/mol. The number of phenols is 1. The molecule has 2 heterocycles. The molecule has 1 aromatic heterocycles. The zero-order chi connectivity index (χ0) is 18.5. The van der Waals surface area contributed by atoms with Crippen LogP contribution >= 0.6 is 0 Å². The highest BCUT2D eigenvalue weighted by molar-refractivity contribution is 6.14. The molecule has 0 aliphatic carbocycles. The van der Waals surface area contributed by atoms with Crippen molar-refractivity contribution in [2.24, 2.45) is 0 Å². The number of ketones is 1. The molecule has 3 rings (SSSR count). The van der Waals surface area contributed by atoms with Gasteiger partial charge < -0.3 is 9.84 Å². The molecule has 26 heavy (non-hydrogen) atoms. The van der Waals surface area contributed by atoms with Gasteiger partial charge in [0.15, 0.2) is 5.76 Å². The summed E-state index contributed by atoms with van der Waals surface area (Å²) >= 11 is 0. The average molecular weight is 346 g/mol. The molecule has 128 valence electrons. The average Bonchev–Trinajstić information content (AvgIpc) is 2.95. The summed E-state index contributed by atoms with van der Waals surface area (Å²) < 4.78 is 5.73. The van der Waals surface area contributed by atoms with Gasteiger partial charge in [0.05, 0.1) is 36.4 Å². The number of hydrogen-bond donors (Lipinski definition) is 1. The van der Waals surface area contributed by atoms with E-state index < -0.39 is 0 Å². The number of Topliss-reactive ketones (excluding diaryl/α,β-unsaturated/α-hetero) is 1. The normalized spacial score (nSPS) is 14.0. The molecule has 1 aromatic carbocycles. The standard InChI is InChI=1S/C19H14N4O3/c20-5-9-23(10-6-21)12-15-16(24)2-1-14-18(25)17(26-19(14)15)11-13-3-7-22-8-4-13/h1-4,7-8,11,24H,9-10,12H2. The number of pyridine rings is 1. The van der Waals surface area contributed by atoms with Crippen molar-refractivity contribution >= 4 is 11.9 Å². The SMILES string of the molecule is N#CCN(CC#N)Cc1c(O)ccc2c1OC(=Cc1ccncc1)C2=O. The van der Waals surface area contributed by atoms with Crippen molar-refractivity contribution in [3.05, 3.63) is 59.1 Å². The molecule has 0 spiro atoms. The number of carbonyl (C=O) groups excluding carboxylic acids is 1. The van der Waals surface area contributed by atoms with E-state index in [-0.39, 0.29) is 42.7 Å². The minimum absolute atomic E-state index is 0.0182. The highest BCUT2D eigenvalue weighted by Gasteiger charge is 2.31. The van der Waals surface area contributed by atoms with Gasteiger partial charge in [-0.2, -0.15) is 10.5 Å². The number of nitrogens with zero attached hydrogens (tertiary/aromatic N) is 4.